The number of carbonyl (C=O) groups excluding carboxylic acids is 2. The van der Waals surface area contributed by atoms with Crippen LogP contribution in [0.4, 0.5) is 0 Å². The first kappa shape index (κ1) is 18.4. The zero-order chi connectivity index (χ0) is 19.3. The monoisotopic (exact) mass is 395 g/mol. The van der Waals surface area contributed by atoms with Crippen molar-refractivity contribution in [3.63, 3.8) is 0 Å². The van der Waals surface area contributed by atoms with Crippen LogP contribution in [0.15, 0.2) is 63.9 Å². The van der Waals surface area contributed by atoms with E-state index in [2.05, 4.69) is 15.9 Å². The molecule has 1 aromatic carbocycles. The highest BCUT2D eigenvalue weighted by Crippen LogP contribution is 2.26. The van der Waals surface area contributed by atoms with Crippen LogP contribution in [0.2, 0.25) is 0 Å². The Hall–Kier alpha value is -2.93. The van der Waals surface area contributed by atoms with E-state index in [1.165, 1.54) is 6.20 Å². The Labute approximate surface area is 167 Å². The van der Waals surface area contributed by atoms with Gasteiger partial charge < -0.3 is 14.7 Å². The average Bonchev–Trinajstić information content (AvgIpc) is 3.46. The number of thiophene rings is 1. The van der Waals surface area contributed by atoms with Crippen molar-refractivity contribution >= 4 is 23.2 Å². The van der Waals surface area contributed by atoms with Crippen LogP contribution in [0, 0.1) is 5.92 Å². The minimum Gasteiger partial charge on any atom is -0.351 e. The fourth-order valence-corrected chi connectivity index (χ4v) is 4.22. The van der Waals surface area contributed by atoms with Crippen molar-refractivity contribution in [1.82, 2.24) is 15.4 Å². The van der Waals surface area contributed by atoms with Gasteiger partial charge in [0.15, 0.2) is 0 Å². The normalized spacial score (nSPS) is 15.9. The molecule has 1 aliphatic heterocycles. The lowest BCUT2D eigenvalue weighted by Crippen LogP contribution is -2.43. The molecule has 0 saturated carbocycles. The first-order valence-corrected chi connectivity index (χ1v) is 10.2. The predicted molar refractivity (Wildman–Crippen MR) is 106 cm³/mol. The Morgan fingerprint density at radius 3 is 2.54 bits per heavy atom. The van der Waals surface area contributed by atoms with Gasteiger partial charge in [-0.15, -0.1) is 0 Å². The van der Waals surface area contributed by atoms with Crippen molar-refractivity contribution in [3.05, 3.63) is 76.3 Å². The number of nitrogens with zero attached hydrogens (tertiary/aromatic N) is 2. The van der Waals surface area contributed by atoms with Crippen molar-refractivity contribution in [1.29, 1.82) is 0 Å². The second-order valence-corrected chi connectivity index (χ2v) is 7.63. The summed E-state index contributed by atoms with van der Waals surface area (Å²) < 4.78 is 4.95. The van der Waals surface area contributed by atoms with Crippen LogP contribution in [-0.2, 0) is 4.79 Å². The van der Waals surface area contributed by atoms with Crippen molar-refractivity contribution in [2.75, 3.05) is 13.1 Å². The molecule has 0 bridgehead atoms. The third kappa shape index (κ3) is 3.99. The van der Waals surface area contributed by atoms with Gasteiger partial charge in [0.25, 0.3) is 5.91 Å². The lowest BCUT2D eigenvalue weighted by Gasteiger charge is -2.31. The van der Waals surface area contributed by atoms with Crippen molar-refractivity contribution < 1.29 is 14.1 Å². The van der Waals surface area contributed by atoms with Gasteiger partial charge in [-0.1, -0.05) is 35.5 Å². The summed E-state index contributed by atoms with van der Waals surface area (Å²) in [5.74, 6) is -0.00302. The van der Waals surface area contributed by atoms with Gasteiger partial charge in [0.05, 0.1) is 12.2 Å². The lowest BCUT2D eigenvalue weighted by atomic mass is 9.94. The summed E-state index contributed by atoms with van der Waals surface area (Å²) in [6.45, 7) is 1.07. The molecule has 3 heterocycles. The van der Waals surface area contributed by atoms with Crippen LogP contribution in [0.5, 0.6) is 0 Å². The van der Waals surface area contributed by atoms with E-state index in [0.717, 1.165) is 11.1 Å². The van der Waals surface area contributed by atoms with Crippen LogP contribution in [0.3, 0.4) is 0 Å². The average molecular weight is 395 g/mol. The van der Waals surface area contributed by atoms with E-state index < -0.39 is 0 Å². The molecule has 144 valence electrons. The van der Waals surface area contributed by atoms with Crippen molar-refractivity contribution in [2.24, 2.45) is 5.92 Å². The van der Waals surface area contributed by atoms with Crippen LogP contribution in [0.25, 0.3) is 0 Å². The van der Waals surface area contributed by atoms with Gasteiger partial charge >= 0.3 is 0 Å². The van der Waals surface area contributed by atoms with E-state index in [-0.39, 0.29) is 29.5 Å². The molecule has 1 atom stereocenters. The fraction of sp³-hybridized carbons (Fsp3) is 0.286. The molecule has 1 unspecified atom stereocenters. The van der Waals surface area contributed by atoms with Gasteiger partial charge in [0.2, 0.25) is 11.7 Å². The smallest absolute Gasteiger partial charge is 0.292 e. The summed E-state index contributed by atoms with van der Waals surface area (Å²) >= 11 is 1.62. The maximum Gasteiger partial charge on any atom is 0.292 e. The number of carbonyl (C=O) groups is 2. The molecule has 7 heteroatoms. The van der Waals surface area contributed by atoms with Crippen LogP contribution in [-0.4, -0.2) is 35.0 Å². The fourth-order valence-electron chi connectivity index (χ4n) is 3.53. The second kappa shape index (κ2) is 8.39. The van der Waals surface area contributed by atoms with Gasteiger partial charge in [-0.3, -0.25) is 9.59 Å². The molecule has 4 rings (SSSR count). The van der Waals surface area contributed by atoms with E-state index in [1.54, 1.807) is 22.3 Å². The summed E-state index contributed by atoms with van der Waals surface area (Å²) in [5.41, 5.74) is 2.15. The number of rotatable bonds is 5. The van der Waals surface area contributed by atoms with Gasteiger partial charge in [-0.2, -0.15) is 11.3 Å². The quantitative estimate of drug-likeness (QED) is 0.717. The van der Waals surface area contributed by atoms with Crippen molar-refractivity contribution in [2.45, 2.75) is 18.9 Å². The third-order valence-electron chi connectivity index (χ3n) is 5.10. The predicted octanol–water partition coefficient (Wildman–Crippen LogP) is 3.49. The number of aromatic nitrogens is 1. The van der Waals surface area contributed by atoms with Crippen LogP contribution in [0.1, 0.15) is 40.6 Å². The molecular weight excluding hydrogens is 374 g/mol. The Morgan fingerprint density at radius 1 is 1.11 bits per heavy atom. The molecule has 0 spiro atoms. The molecule has 6 nitrogen and oxygen atoms in total. The second-order valence-electron chi connectivity index (χ2n) is 6.85. The molecule has 1 fully saturated rings. The standard InChI is InChI=1S/C21H21N3O3S/c25-20(16-7-11-24(12-8-16)21(26)18-6-10-22-27-18)23-19(17-9-13-28-14-17)15-4-2-1-3-5-15/h1-6,9-10,13-14,16,19H,7-8,11-12H2,(H,23,25). The number of amides is 2. The summed E-state index contributed by atoms with van der Waals surface area (Å²) in [6, 6.07) is 13.4. The molecule has 1 N–H and O–H groups in total. The maximum atomic E-state index is 12.9. The van der Waals surface area contributed by atoms with Gasteiger partial charge in [0, 0.05) is 25.1 Å². The first-order chi connectivity index (χ1) is 13.7. The highest BCUT2D eigenvalue weighted by molar-refractivity contribution is 7.08. The molecule has 0 radical (unpaired) electrons. The zero-order valence-electron chi connectivity index (χ0n) is 15.3. The zero-order valence-corrected chi connectivity index (χ0v) is 16.1. The third-order valence-corrected chi connectivity index (χ3v) is 5.80. The molecular formula is C21H21N3O3S. The van der Waals surface area contributed by atoms with E-state index in [0.29, 0.717) is 25.9 Å². The topological polar surface area (TPSA) is 75.4 Å². The highest BCUT2D eigenvalue weighted by Gasteiger charge is 2.30. The van der Waals surface area contributed by atoms with Crippen LogP contribution < -0.4 is 5.32 Å². The van der Waals surface area contributed by atoms with Gasteiger partial charge in [-0.25, -0.2) is 0 Å². The Balaban J connectivity index is 1.40. The Kier molecular flexibility index (Phi) is 5.53. The summed E-state index contributed by atoms with van der Waals surface area (Å²) in [6.07, 6.45) is 2.73. The molecule has 0 aliphatic carbocycles. The summed E-state index contributed by atoms with van der Waals surface area (Å²) in [4.78, 5) is 27.0. The minimum absolute atomic E-state index is 0.0341. The number of hydrogen-bond acceptors (Lipinski definition) is 5. The largest absolute Gasteiger partial charge is 0.351 e. The summed E-state index contributed by atoms with van der Waals surface area (Å²) in [5, 5.41) is 10.9. The number of benzene rings is 1. The lowest BCUT2D eigenvalue weighted by molar-refractivity contribution is -0.126. The van der Waals surface area contributed by atoms with Crippen LogP contribution >= 0.6 is 11.3 Å². The van der Waals surface area contributed by atoms with Gasteiger partial charge in [0.1, 0.15) is 0 Å². The number of likely N-dealkylation sites (tertiary alicyclic amines) is 1. The highest BCUT2D eigenvalue weighted by atomic mass is 32.1. The van der Waals surface area contributed by atoms with Gasteiger partial charge in [-0.05, 0) is 40.8 Å². The van der Waals surface area contributed by atoms with E-state index in [1.807, 2.05) is 41.8 Å². The number of piperidine rings is 1. The van der Waals surface area contributed by atoms with Crippen molar-refractivity contribution in [3.8, 4) is 0 Å². The molecule has 1 saturated heterocycles. The minimum atomic E-state index is -0.170. The van der Waals surface area contributed by atoms with E-state index in [9.17, 15) is 9.59 Å². The molecule has 2 amide bonds. The molecule has 2 aromatic heterocycles. The number of nitrogens with one attached hydrogen (secondary N) is 1. The van der Waals surface area contributed by atoms with E-state index >= 15 is 0 Å². The SMILES string of the molecule is O=C(NC(c1ccccc1)c1ccsc1)C1CCN(C(=O)c2ccno2)CC1. The molecule has 1 aliphatic rings. The summed E-state index contributed by atoms with van der Waals surface area (Å²) in [7, 11) is 0. The molecule has 28 heavy (non-hydrogen) atoms. The first-order valence-electron chi connectivity index (χ1n) is 9.30. The Morgan fingerprint density at radius 2 is 1.89 bits per heavy atom. The number of hydrogen-bond donors (Lipinski definition) is 1. The Bertz CT molecular complexity index is 902. The molecule has 3 aromatic rings. The maximum absolute atomic E-state index is 12.9. The van der Waals surface area contributed by atoms with E-state index in [4.69, 9.17) is 4.52 Å².